The van der Waals surface area contributed by atoms with Gasteiger partial charge in [-0.3, -0.25) is 19.3 Å². The average Bonchev–Trinajstić information content (AvgIpc) is 3.42. The summed E-state index contributed by atoms with van der Waals surface area (Å²) in [6.45, 7) is 1.35. The summed E-state index contributed by atoms with van der Waals surface area (Å²) in [7, 11) is 0. The first-order chi connectivity index (χ1) is 18.9. The van der Waals surface area contributed by atoms with Gasteiger partial charge in [-0.2, -0.15) is 0 Å². The molecule has 1 aromatic heterocycles. The second-order valence-corrected chi connectivity index (χ2v) is 11.4. The molecule has 0 aliphatic carbocycles. The van der Waals surface area contributed by atoms with Crippen LogP contribution in [0.1, 0.15) is 22.3 Å². The third-order valence-corrected chi connectivity index (χ3v) is 8.74. The number of para-hydroxylation sites is 1. The number of nitrogens with zero attached hydrogens (tertiary/aromatic N) is 3. The Bertz CT molecular complexity index is 1680. The van der Waals surface area contributed by atoms with Crippen molar-refractivity contribution < 1.29 is 14.4 Å². The van der Waals surface area contributed by atoms with E-state index in [1.54, 1.807) is 17.0 Å². The van der Waals surface area contributed by atoms with Crippen LogP contribution in [0, 0.1) is 0 Å². The molecule has 0 spiro atoms. The molecule has 39 heavy (non-hydrogen) atoms. The lowest BCUT2D eigenvalue weighted by Gasteiger charge is -2.29. The monoisotopic (exact) mass is 575 g/mol. The molecule has 0 atom stereocenters. The number of benzene rings is 3. The smallest absolute Gasteiger partial charge is 0.294 e. The molecule has 2 aliphatic heterocycles. The van der Waals surface area contributed by atoms with Gasteiger partial charge < -0.3 is 9.47 Å². The number of fused-ring (bicyclic) bond motifs is 2. The van der Waals surface area contributed by atoms with Crippen molar-refractivity contribution in [3.8, 4) is 0 Å². The van der Waals surface area contributed by atoms with Crippen molar-refractivity contribution in [1.82, 2.24) is 14.4 Å². The van der Waals surface area contributed by atoms with Crippen molar-refractivity contribution in [3.63, 3.8) is 0 Å². The van der Waals surface area contributed by atoms with Crippen molar-refractivity contribution >= 4 is 69.0 Å². The van der Waals surface area contributed by atoms with Crippen LogP contribution in [0.5, 0.6) is 0 Å². The number of thioether (sulfide) groups is 1. The van der Waals surface area contributed by atoms with Crippen LogP contribution in [0.3, 0.4) is 0 Å². The zero-order chi connectivity index (χ0) is 27.1. The maximum absolute atomic E-state index is 13.3. The normalized spacial score (nSPS) is 16.4. The molecule has 0 bridgehead atoms. The molecule has 3 heterocycles. The average molecular weight is 577 g/mol. The fraction of sp³-hybridized carbons (Fsp3) is 0.167. The van der Waals surface area contributed by atoms with Crippen molar-refractivity contribution in [2.24, 2.45) is 0 Å². The summed E-state index contributed by atoms with van der Waals surface area (Å²) < 4.78 is 2.07. The van der Waals surface area contributed by atoms with Crippen LogP contribution in [0.25, 0.3) is 17.0 Å². The number of hydrogen-bond acceptors (Lipinski definition) is 4. The predicted octanol–water partition coefficient (Wildman–Crippen LogP) is 6.62. The summed E-state index contributed by atoms with van der Waals surface area (Å²) >= 11 is 13.2. The molecule has 1 fully saturated rings. The minimum atomic E-state index is -0.447. The largest absolute Gasteiger partial charge is 0.342 e. The molecule has 3 aromatic carbocycles. The van der Waals surface area contributed by atoms with Crippen molar-refractivity contribution in [3.05, 3.63) is 110 Å². The summed E-state index contributed by atoms with van der Waals surface area (Å²) in [4.78, 5) is 42.2. The lowest BCUT2D eigenvalue weighted by atomic mass is 10.00. The number of hydrogen-bond donors (Lipinski definition) is 0. The zero-order valence-corrected chi connectivity index (χ0v) is 23.1. The predicted molar refractivity (Wildman–Crippen MR) is 156 cm³/mol. The number of carbonyl (C=O) groups is 3. The number of rotatable bonds is 5. The van der Waals surface area contributed by atoms with E-state index in [4.69, 9.17) is 23.2 Å². The molecule has 4 aromatic rings. The fourth-order valence-electron chi connectivity index (χ4n) is 5.08. The highest BCUT2D eigenvalue weighted by Crippen LogP contribution is 2.35. The topological polar surface area (TPSA) is 62.6 Å². The molecular weight excluding hydrogens is 553 g/mol. The Balaban J connectivity index is 1.22. The van der Waals surface area contributed by atoms with E-state index in [0.717, 1.165) is 50.7 Å². The summed E-state index contributed by atoms with van der Waals surface area (Å²) in [5.74, 6) is -0.677. The standard InChI is InChI=1S/C30H23Cl2N3O3S/c31-24-10-9-19(13-25(24)32)15-34-17-22(23-7-3-4-8-26(23)34)14-27-29(37)35(30(38)39-27)18-28(36)33-12-11-20-5-1-2-6-21(20)16-33/h1-10,13-14,17H,11-12,15-16,18H2/b27-14-. The third-order valence-electron chi connectivity index (χ3n) is 7.09. The van der Waals surface area contributed by atoms with Gasteiger partial charge in [-0.15, -0.1) is 0 Å². The minimum Gasteiger partial charge on any atom is -0.342 e. The SMILES string of the molecule is O=C(CN1C(=O)S/C(=C\c2cn(Cc3ccc(Cl)c(Cl)c3)c3ccccc23)C1=O)N1CCc2ccccc2C1. The van der Waals surface area contributed by atoms with Gasteiger partial charge in [0.05, 0.1) is 15.0 Å². The van der Waals surface area contributed by atoms with E-state index in [9.17, 15) is 14.4 Å². The first-order valence-corrected chi connectivity index (χ1v) is 14.1. The Morgan fingerprint density at radius 2 is 1.72 bits per heavy atom. The van der Waals surface area contributed by atoms with Crippen molar-refractivity contribution in [2.75, 3.05) is 13.1 Å². The molecular formula is C30H23Cl2N3O3S. The van der Waals surface area contributed by atoms with E-state index in [2.05, 4.69) is 10.6 Å². The Morgan fingerprint density at radius 1 is 0.949 bits per heavy atom. The quantitative estimate of drug-likeness (QED) is 0.251. The first-order valence-electron chi connectivity index (χ1n) is 12.5. The van der Waals surface area contributed by atoms with E-state index in [1.165, 1.54) is 5.56 Å². The Morgan fingerprint density at radius 3 is 2.54 bits per heavy atom. The van der Waals surface area contributed by atoms with Gasteiger partial charge in [0.2, 0.25) is 5.91 Å². The molecule has 6 nitrogen and oxygen atoms in total. The van der Waals surface area contributed by atoms with Crippen LogP contribution >= 0.6 is 35.0 Å². The van der Waals surface area contributed by atoms with Gasteiger partial charge in [0, 0.05) is 42.3 Å². The molecule has 196 valence electrons. The van der Waals surface area contributed by atoms with Crippen LogP contribution in [-0.4, -0.2) is 44.5 Å². The third kappa shape index (κ3) is 5.10. The van der Waals surface area contributed by atoms with Crippen molar-refractivity contribution in [2.45, 2.75) is 19.5 Å². The molecule has 2 aliphatic rings. The van der Waals surface area contributed by atoms with E-state index in [-0.39, 0.29) is 12.5 Å². The Labute approximate surface area is 239 Å². The van der Waals surface area contributed by atoms with Crippen LogP contribution in [-0.2, 0) is 29.1 Å². The molecule has 0 N–H and O–H groups in total. The molecule has 6 rings (SSSR count). The lowest BCUT2D eigenvalue weighted by molar-refractivity contribution is -0.136. The number of carbonyl (C=O) groups excluding carboxylic acids is 3. The van der Waals surface area contributed by atoms with Crippen LogP contribution < -0.4 is 0 Å². The van der Waals surface area contributed by atoms with Crippen molar-refractivity contribution in [1.29, 1.82) is 0 Å². The van der Waals surface area contributed by atoms with Crippen LogP contribution in [0.2, 0.25) is 10.0 Å². The summed E-state index contributed by atoms with van der Waals surface area (Å²) in [5, 5.41) is 1.50. The molecule has 0 unspecified atom stereocenters. The summed E-state index contributed by atoms with van der Waals surface area (Å²) in [6, 6.07) is 21.4. The van der Waals surface area contributed by atoms with Gasteiger partial charge in [0.15, 0.2) is 0 Å². The highest BCUT2D eigenvalue weighted by Gasteiger charge is 2.37. The molecule has 1 saturated heterocycles. The second kappa shape index (κ2) is 10.6. The van der Waals surface area contributed by atoms with Gasteiger partial charge in [0.1, 0.15) is 6.54 Å². The van der Waals surface area contributed by atoms with E-state index < -0.39 is 11.1 Å². The summed E-state index contributed by atoms with van der Waals surface area (Å²) in [6.07, 6.45) is 4.45. The maximum Gasteiger partial charge on any atom is 0.294 e. The highest BCUT2D eigenvalue weighted by atomic mass is 35.5. The molecule has 3 amide bonds. The van der Waals surface area contributed by atoms with Gasteiger partial charge in [-0.05, 0) is 59.1 Å². The highest BCUT2D eigenvalue weighted by molar-refractivity contribution is 8.18. The van der Waals surface area contributed by atoms with Crippen LogP contribution in [0.4, 0.5) is 4.79 Å². The zero-order valence-electron chi connectivity index (χ0n) is 20.8. The van der Waals surface area contributed by atoms with E-state index in [0.29, 0.717) is 34.6 Å². The number of imide groups is 1. The number of aromatic nitrogens is 1. The number of halogens is 2. The van der Waals surface area contributed by atoms with Gasteiger partial charge in [0.25, 0.3) is 11.1 Å². The van der Waals surface area contributed by atoms with Crippen LogP contribution in [0.15, 0.2) is 77.8 Å². The summed E-state index contributed by atoms with van der Waals surface area (Å²) in [5.41, 5.74) is 5.11. The van der Waals surface area contributed by atoms with Gasteiger partial charge in [-0.25, -0.2) is 0 Å². The number of amides is 3. The van der Waals surface area contributed by atoms with Gasteiger partial charge in [-0.1, -0.05) is 71.7 Å². The second-order valence-electron chi connectivity index (χ2n) is 9.58. The Kier molecular flexibility index (Phi) is 6.97. The van der Waals surface area contributed by atoms with E-state index >= 15 is 0 Å². The first kappa shape index (κ1) is 25.7. The van der Waals surface area contributed by atoms with E-state index in [1.807, 2.05) is 60.8 Å². The maximum atomic E-state index is 13.3. The molecule has 0 radical (unpaired) electrons. The Hall–Kier alpha value is -3.52. The molecule has 9 heteroatoms. The van der Waals surface area contributed by atoms with Gasteiger partial charge >= 0.3 is 0 Å². The molecule has 0 saturated carbocycles. The fourth-order valence-corrected chi connectivity index (χ4v) is 6.23. The lowest BCUT2D eigenvalue weighted by Crippen LogP contribution is -2.44. The minimum absolute atomic E-state index is 0.230.